The summed E-state index contributed by atoms with van der Waals surface area (Å²) in [7, 11) is -4.15. The van der Waals surface area contributed by atoms with Gasteiger partial charge < -0.3 is 10.2 Å². The molecule has 2 amide bonds. The molecule has 0 heterocycles. The van der Waals surface area contributed by atoms with E-state index in [-0.39, 0.29) is 23.4 Å². The van der Waals surface area contributed by atoms with Gasteiger partial charge in [0.05, 0.1) is 10.6 Å². The Labute approximate surface area is 279 Å². The Morgan fingerprint density at radius 1 is 0.766 bits per heavy atom. The van der Waals surface area contributed by atoms with Crippen LogP contribution in [0.3, 0.4) is 0 Å². The molecule has 4 aromatic carbocycles. The van der Waals surface area contributed by atoms with Crippen LogP contribution >= 0.6 is 0 Å². The maximum atomic E-state index is 14.8. The maximum absolute atomic E-state index is 14.8. The molecule has 246 valence electrons. The van der Waals surface area contributed by atoms with Crippen LogP contribution in [0.4, 0.5) is 5.69 Å². The van der Waals surface area contributed by atoms with Crippen LogP contribution in [-0.2, 0) is 32.6 Å². The molecule has 4 aromatic rings. The lowest BCUT2D eigenvalue weighted by Crippen LogP contribution is -2.55. The molecular weight excluding hydrogens is 607 g/mol. The minimum absolute atomic E-state index is 0.0508. The van der Waals surface area contributed by atoms with Crippen LogP contribution in [0.5, 0.6) is 0 Å². The highest BCUT2D eigenvalue weighted by Gasteiger charge is 2.36. The SMILES string of the molecule is Cc1ccccc1CN(C(=O)CN(c1cccc(C)c1C)S(=O)(=O)c1ccccc1)[C@H](Cc1ccccc1)C(=O)NC1CCCCC1. The molecule has 47 heavy (non-hydrogen) atoms. The van der Waals surface area contributed by atoms with Crippen molar-refractivity contribution in [3.05, 3.63) is 131 Å². The van der Waals surface area contributed by atoms with Crippen LogP contribution in [-0.4, -0.2) is 43.8 Å². The van der Waals surface area contributed by atoms with Gasteiger partial charge in [0.2, 0.25) is 11.8 Å². The lowest BCUT2D eigenvalue weighted by molar-refractivity contribution is -0.140. The van der Waals surface area contributed by atoms with Crippen LogP contribution in [0.2, 0.25) is 0 Å². The van der Waals surface area contributed by atoms with E-state index >= 15 is 0 Å². The monoisotopic (exact) mass is 651 g/mol. The molecule has 0 radical (unpaired) electrons. The highest BCUT2D eigenvalue weighted by molar-refractivity contribution is 7.92. The number of nitrogens with one attached hydrogen (secondary N) is 1. The van der Waals surface area contributed by atoms with E-state index < -0.39 is 28.5 Å². The van der Waals surface area contributed by atoms with Crippen molar-refractivity contribution >= 4 is 27.5 Å². The van der Waals surface area contributed by atoms with E-state index in [2.05, 4.69) is 5.32 Å². The fraction of sp³-hybridized carbons (Fsp3) is 0.333. The summed E-state index contributed by atoms with van der Waals surface area (Å²) >= 11 is 0. The van der Waals surface area contributed by atoms with Crippen molar-refractivity contribution in [2.24, 2.45) is 0 Å². The molecule has 0 unspecified atom stereocenters. The van der Waals surface area contributed by atoms with Gasteiger partial charge in [-0.2, -0.15) is 0 Å². The molecule has 0 bridgehead atoms. The second-order valence-electron chi connectivity index (χ2n) is 12.5. The summed E-state index contributed by atoms with van der Waals surface area (Å²) in [5.74, 6) is -0.666. The van der Waals surface area contributed by atoms with E-state index in [4.69, 9.17) is 0 Å². The van der Waals surface area contributed by atoms with E-state index in [1.807, 2.05) is 81.4 Å². The summed E-state index contributed by atoms with van der Waals surface area (Å²) in [6.45, 7) is 5.46. The van der Waals surface area contributed by atoms with Crippen molar-refractivity contribution in [2.45, 2.75) is 82.8 Å². The molecule has 1 aliphatic rings. The lowest BCUT2D eigenvalue weighted by atomic mass is 9.94. The van der Waals surface area contributed by atoms with Crippen LogP contribution in [0.15, 0.2) is 108 Å². The van der Waals surface area contributed by atoms with Crippen LogP contribution < -0.4 is 9.62 Å². The Hall–Kier alpha value is -4.43. The van der Waals surface area contributed by atoms with Gasteiger partial charge in [-0.1, -0.05) is 104 Å². The minimum Gasteiger partial charge on any atom is -0.352 e. The second kappa shape index (κ2) is 15.4. The summed E-state index contributed by atoms with van der Waals surface area (Å²) in [6, 6.07) is 30.3. The van der Waals surface area contributed by atoms with Crippen molar-refractivity contribution in [3.8, 4) is 0 Å². The van der Waals surface area contributed by atoms with Gasteiger partial charge in [0.25, 0.3) is 10.0 Å². The zero-order valence-corrected chi connectivity index (χ0v) is 28.4. The van der Waals surface area contributed by atoms with Gasteiger partial charge in [0.1, 0.15) is 12.6 Å². The number of carbonyl (C=O) groups excluding carboxylic acids is 2. The van der Waals surface area contributed by atoms with Gasteiger partial charge in [-0.25, -0.2) is 8.42 Å². The Balaban J connectivity index is 1.59. The Morgan fingerprint density at radius 3 is 2.06 bits per heavy atom. The molecule has 1 N–H and O–H groups in total. The minimum atomic E-state index is -4.15. The lowest BCUT2D eigenvalue weighted by Gasteiger charge is -2.35. The first kappa shape index (κ1) is 33.9. The molecule has 1 fully saturated rings. The molecule has 7 nitrogen and oxygen atoms in total. The van der Waals surface area contributed by atoms with Crippen molar-refractivity contribution in [1.82, 2.24) is 10.2 Å². The first-order valence-corrected chi connectivity index (χ1v) is 17.9. The van der Waals surface area contributed by atoms with Gasteiger partial charge in [0.15, 0.2) is 0 Å². The number of rotatable bonds is 12. The zero-order valence-electron chi connectivity index (χ0n) is 27.6. The molecule has 5 rings (SSSR count). The third-order valence-corrected chi connectivity index (χ3v) is 11.1. The van der Waals surface area contributed by atoms with E-state index in [0.717, 1.165) is 59.9 Å². The molecule has 0 aliphatic heterocycles. The number of amides is 2. The zero-order chi connectivity index (χ0) is 33.4. The van der Waals surface area contributed by atoms with Crippen molar-refractivity contribution in [3.63, 3.8) is 0 Å². The maximum Gasteiger partial charge on any atom is 0.264 e. The first-order valence-electron chi connectivity index (χ1n) is 16.5. The molecular formula is C39H45N3O4S. The first-order chi connectivity index (χ1) is 22.6. The van der Waals surface area contributed by atoms with E-state index in [1.165, 1.54) is 4.31 Å². The van der Waals surface area contributed by atoms with Gasteiger partial charge in [-0.05, 0) is 79.6 Å². The number of anilines is 1. The molecule has 8 heteroatoms. The number of sulfonamides is 1. The summed E-state index contributed by atoms with van der Waals surface area (Å²) in [5.41, 5.74) is 4.91. The van der Waals surface area contributed by atoms with Crippen LogP contribution in [0.1, 0.15) is 59.9 Å². The highest BCUT2D eigenvalue weighted by atomic mass is 32.2. The Bertz CT molecular complexity index is 1770. The normalized spacial score (nSPS) is 14.3. The smallest absolute Gasteiger partial charge is 0.264 e. The van der Waals surface area contributed by atoms with Crippen molar-refractivity contribution in [2.75, 3.05) is 10.8 Å². The van der Waals surface area contributed by atoms with Gasteiger partial charge in [-0.3, -0.25) is 13.9 Å². The largest absolute Gasteiger partial charge is 0.352 e. The highest BCUT2D eigenvalue weighted by Crippen LogP contribution is 2.29. The quantitative estimate of drug-likeness (QED) is 0.181. The number of nitrogens with zero attached hydrogens (tertiary/aromatic N) is 2. The second-order valence-corrected chi connectivity index (χ2v) is 14.4. The van der Waals surface area contributed by atoms with Crippen molar-refractivity contribution in [1.29, 1.82) is 0 Å². The molecule has 0 spiro atoms. The van der Waals surface area contributed by atoms with E-state index in [1.54, 1.807) is 47.4 Å². The summed E-state index contributed by atoms with van der Waals surface area (Å²) < 4.78 is 29.8. The van der Waals surface area contributed by atoms with Gasteiger partial charge in [0, 0.05) is 19.0 Å². The standard InChI is InChI=1S/C39H45N3O4S/c1-29-17-15-25-36(31(29)3)42(47(45,46)35-23-11-6-12-24-35)28-38(43)41(27-33-20-14-13-16-30(33)2)37(26-32-18-7-4-8-19-32)39(44)40-34-21-9-5-10-22-34/h4,6-8,11-20,23-25,34,37H,5,9-10,21-22,26-28H2,1-3H3,(H,40,44)/t37-/m1/s1. The third-order valence-electron chi connectivity index (χ3n) is 9.28. The van der Waals surface area contributed by atoms with Crippen LogP contribution in [0, 0.1) is 20.8 Å². The summed E-state index contributed by atoms with van der Waals surface area (Å²) in [5, 5.41) is 3.27. The average Bonchev–Trinajstić information content (AvgIpc) is 3.08. The molecule has 1 atom stereocenters. The predicted octanol–water partition coefficient (Wildman–Crippen LogP) is 6.90. The fourth-order valence-corrected chi connectivity index (χ4v) is 7.80. The summed E-state index contributed by atoms with van der Waals surface area (Å²) in [6.07, 6.45) is 5.38. The third kappa shape index (κ3) is 8.30. The molecule has 0 saturated heterocycles. The fourth-order valence-electron chi connectivity index (χ4n) is 6.31. The van der Waals surface area contributed by atoms with Gasteiger partial charge >= 0.3 is 0 Å². The van der Waals surface area contributed by atoms with E-state index in [9.17, 15) is 18.0 Å². The molecule has 1 saturated carbocycles. The predicted molar refractivity (Wildman–Crippen MR) is 188 cm³/mol. The average molecular weight is 652 g/mol. The van der Waals surface area contributed by atoms with Crippen LogP contribution in [0.25, 0.3) is 0 Å². The molecule has 1 aliphatic carbocycles. The van der Waals surface area contributed by atoms with Crippen molar-refractivity contribution < 1.29 is 18.0 Å². The Morgan fingerprint density at radius 2 is 1.38 bits per heavy atom. The summed E-state index contributed by atoms with van der Waals surface area (Å²) in [4.78, 5) is 30.7. The number of hydrogen-bond acceptors (Lipinski definition) is 4. The number of hydrogen-bond donors (Lipinski definition) is 1. The van der Waals surface area contributed by atoms with Gasteiger partial charge in [-0.15, -0.1) is 0 Å². The number of carbonyl (C=O) groups is 2. The number of aryl methyl sites for hydroxylation is 2. The topological polar surface area (TPSA) is 86.8 Å². The molecule has 0 aromatic heterocycles. The number of benzene rings is 4. The van der Waals surface area contributed by atoms with E-state index in [0.29, 0.717) is 12.1 Å². The Kier molecular flexibility index (Phi) is 11.1.